The maximum absolute atomic E-state index is 12.3. The monoisotopic (exact) mass is 348 g/mol. The third-order valence-corrected chi connectivity index (χ3v) is 5.19. The fourth-order valence-corrected chi connectivity index (χ4v) is 3.67. The molecule has 0 bridgehead atoms. The van der Waals surface area contributed by atoms with Gasteiger partial charge < -0.3 is 9.88 Å². The number of nitrogens with one attached hydrogen (secondary N) is 1. The first-order valence-electron chi connectivity index (χ1n) is 9.16. The molecule has 0 aliphatic carbocycles. The Morgan fingerprint density at radius 1 is 1.15 bits per heavy atom. The number of imidazole rings is 1. The van der Waals surface area contributed by atoms with E-state index in [1.165, 1.54) is 16.3 Å². The number of aryl methyl sites for hydroxylation is 1. The van der Waals surface area contributed by atoms with E-state index in [1.807, 2.05) is 7.05 Å². The second kappa shape index (κ2) is 7.30. The van der Waals surface area contributed by atoms with Crippen molar-refractivity contribution in [3.05, 3.63) is 66.2 Å². The van der Waals surface area contributed by atoms with Gasteiger partial charge in [-0.2, -0.15) is 0 Å². The zero-order valence-electron chi connectivity index (χ0n) is 15.1. The maximum Gasteiger partial charge on any atom is 0.269 e. The quantitative estimate of drug-likeness (QED) is 0.789. The first-order chi connectivity index (χ1) is 12.7. The molecule has 0 atom stereocenters. The lowest BCUT2D eigenvalue weighted by molar-refractivity contribution is 0.0900. The van der Waals surface area contributed by atoms with Crippen LogP contribution < -0.4 is 5.32 Å². The molecule has 0 radical (unpaired) electrons. The second-order valence-electron chi connectivity index (χ2n) is 7.10. The van der Waals surface area contributed by atoms with Crippen molar-refractivity contribution in [2.24, 2.45) is 7.05 Å². The van der Waals surface area contributed by atoms with Crippen molar-refractivity contribution in [2.45, 2.75) is 25.4 Å². The number of hydrogen-bond acceptors (Lipinski definition) is 3. The van der Waals surface area contributed by atoms with Crippen molar-refractivity contribution in [3.8, 4) is 0 Å². The molecular formula is C21H24N4O. The van der Waals surface area contributed by atoms with Crippen LogP contribution in [-0.2, 0) is 13.6 Å². The average molecular weight is 348 g/mol. The number of fused-ring (bicyclic) bond motifs is 1. The van der Waals surface area contributed by atoms with Crippen LogP contribution >= 0.6 is 0 Å². The number of carbonyl (C=O) groups excluding carboxylic acids is 1. The van der Waals surface area contributed by atoms with Crippen LogP contribution in [-0.4, -0.2) is 39.5 Å². The van der Waals surface area contributed by atoms with E-state index in [9.17, 15) is 4.79 Å². The number of hydrogen-bond donors (Lipinski definition) is 1. The molecule has 2 aromatic carbocycles. The molecule has 1 aromatic heterocycles. The van der Waals surface area contributed by atoms with Gasteiger partial charge in [0.05, 0.1) is 12.5 Å². The van der Waals surface area contributed by atoms with Gasteiger partial charge in [-0.1, -0.05) is 36.4 Å². The van der Waals surface area contributed by atoms with Gasteiger partial charge in [-0.25, -0.2) is 4.98 Å². The van der Waals surface area contributed by atoms with Crippen LogP contribution in [0.5, 0.6) is 0 Å². The van der Waals surface area contributed by atoms with Crippen LogP contribution in [0.1, 0.15) is 28.9 Å². The first-order valence-corrected chi connectivity index (χ1v) is 9.16. The molecule has 1 amide bonds. The number of rotatable bonds is 4. The van der Waals surface area contributed by atoms with Gasteiger partial charge >= 0.3 is 0 Å². The van der Waals surface area contributed by atoms with E-state index in [4.69, 9.17) is 0 Å². The third-order valence-electron chi connectivity index (χ3n) is 5.19. The van der Waals surface area contributed by atoms with Gasteiger partial charge in [-0.15, -0.1) is 0 Å². The summed E-state index contributed by atoms with van der Waals surface area (Å²) in [5.74, 6) is -0.0296. The molecule has 1 saturated heterocycles. The van der Waals surface area contributed by atoms with Crippen LogP contribution in [0.15, 0.2) is 55.0 Å². The normalized spacial score (nSPS) is 16.0. The predicted octanol–water partition coefficient (Wildman–Crippen LogP) is 2.97. The highest BCUT2D eigenvalue weighted by molar-refractivity contribution is 5.92. The number of carbonyl (C=O) groups is 1. The smallest absolute Gasteiger partial charge is 0.269 e. The van der Waals surface area contributed by atoms with E-state index in [-0.39, 0.29) is 11.9 Å². The molecule has 2 heterocycles. The van der Waals surface area contributed by atoms with Crippen LogP contribution in [0, 0.1) is 0 Å². The number of amides is 1. The van der Waals surface area contributed by atoms with Gasteiger partial charge in [0, 0.05) is 32.7 Å². The summed E-state index contributed by atoms with van der Waals surface area (Å²) in [6.07, 6.45) is 5.24. The van der Waals surface area contributed by atoms with Gasteiger partial charge in [-0.3, -0.25) is 9.69 Å². The molecule has 26 heavy (non-hydrogen) atoms. The van der Waals surface area contributed by atoms with E-state index >= 15 is 0 Å². The Morgan fingerprint density at radius 2 is 1.92 bits per heavy atom. The van der Waals surface area contributed by atoms with Crippen LogP contribution in [0.25, 0.3) is 10.8 Å². The van der Waals surface area contributed by atoms with Gasteiger partial charge in [-0.05, 0) is 35.2 Å². The lowest BCUT2D eigenvalue weighted by Crippen LogP contribution is -2.44. The summed E-state index contributed by atoms with van der Waals surface area (Å²) in [5.41, 5.74) is 1.96. The fraction of sp³-hybridized carbons (Fsp3) is 0.333. The Labute approximate surface area is 153 Å². The molecular weight excluding hydrogens is 324 g/mol. The standard InChI is InChI=1S/C21H24N4O/c1-24-15-22-13-20(24)21(26)23-19-8-10-25(11-9-19)14-16-6-7-17-4-2-3-5-18(17)12-16/h2-7,12-13,15,19H,8-11,14H2,1H3,(H,23,26). The van der Waals surface area contributed by atoms with E-state index in [0.29, 0.717) is 5.69 Å². The Kier molecular flexibility index (Phi) is 4.71. The SMILES string of the molecule is Cn1cncc1C(=O)NC1CCN(Cc2ccc3ccccc3c2)CC1. The van der Waals surface area contributed by atoms with E-state index < -0.39 is 0 Å². The lowest BCUT2D eigenvalue weighted by atomic mass is 10.0. The molecule has 4 rings (SSSR count). The van der Waals surface area contributed by atoms with Crippen molar-refractivity contribution in [1.29, 1.82) is 0 Å². The molecule has 0 unspecified atom stereocenters. The highest BCUT2D eigenvalue weighted by atomic mass is 16.2. The first kappa shape index (κ1) is 16.8. The molecule has 3 aromatic rings. The minimum absolute atomic E-state index is 0.0296. The Hall–Kier alpha value is -2.66. The summed E-state index contributed by atoms with van der Waals surface area (Å²) in [7, 11) is 1.84. The third kappa shape index (κ3) is 3.63. The number of aromatic nitrogens is 2. The van der Waals surface area contributed by atoms with E-state index in [0.717, 1.165) is 32.5 Å². The molecule has 1 aliphatic heterocycles. The number of benzene rings is 2. The molecule has 0 spiro atoms. The Morgan fingerprint density at radius 3 is 2.65 bits per heavy atom. The van der Waals surface area contributed by atoms with E-state index in [1.54, 1.807) is 17.1 Å². The predicted molar refractivity (Wildman–Crippen MR) is 103 cm³/mol. The Balaban J connectivity index is 1.31. The van der Waals surface area contributed by atoms with Gasteiger partial charge in [0.1, 0.15) is 5.69 Å². The topological polar surface area (TPSA) is 50.2 Å². The van der Waals surface area contributed by atoms with Crippen LogP contribution in [0.4, 0.5) is 0 Å². The lowest BCUT2D eigenvalue weighted by Gasteiger charge is -2.32. The highest BCUT2D eigenvalue weighted by Gasteiger charge is 2.22. The highest BCUT2D eigenvalue weighted by Crippen LogP contribution is 2.19. The molecule has 5 heteroatoms. The summed E-state index contributed by atoms with van der Waals surface area (Å²) in [6, 6.07) is 15.4. The average Bonchev–Trinajstić information content (AvgIpc) is 3.09. The van der Waals surface area contributed by atoms with Gasteiger partial charge in [0.15, 0.2) is 0 Å². The van der Waals surface area contributed by atoms with Crippen molar-refractivity contribution < 1.29 is 4.79 Å². The zero-order chi connectivity index (χ0) is 17.9. The molecule has 1 fully saturated rings. The van der Waals surface area contributed by atoms with Crippen LogP contribution in [0.3, 0.4) is 0 Å². The molecule has 1 N–H and O–H groups in total. The van der Waals surface area contributed by atoms with Crippen molar-refractivity contribution in [3.63, 3.8) is 0 Å². The zero-order valence-corrected chi connectivity index (χ0v) is 15.1. The summed E-state index contributed by atoms with van der Waals surface area (Å²) in [6.45, 7) is 2.97. The van der Waals surface area contributed by atoms with Gasteiger partial charge in [0.2, 0.25) is 0 Å². The summed E-state index contributed by atoms with van der Waals surface area (Å²) in [4.78, 5) is 18.8. The molecule has 134 valence electrons. The minimum atomic E-state index is -0.0296. The number of likely N-dealkylation sites (tertiary alicyclic amines) is 1. The molecule has 0 saturated carbocycles. The molecule has 5 nitrogen and oxygen atoms in total. The van der Waals surface area contributed by atoms with Crippen molar-refractivity contribution in [2.75, 3.05) is 13.1 Å². The van der Waals surface area contributed by atoms with E-state index in [2.05, 4.69) is 57.7 Å². The van der Waals surface area contributed by atoms with Crippen molar-refractivity contribution in [1.82, 2.24) is 19.8 Å². The van der Waals surface area contributed by atoms with Crippen LogP contribution in [0.2, 0.25) is 0 Å². The largest absolute Gasteiger partial charge is 0.348 e. The minimum Gasteiger partial charge on any atom is -0.348 e. The summed E-state index contributed by atoms with van der Waals surface area (Å²) >= 11 is 0. The second-order valence-corrected chi connectivity index (χ2v) is 7.10. The Bertz CT molecular complexity index is 909. The summed E-state index contributed by atoms with van der Waals surface area (Å²) < 4.78 is 1.75. The number of piperidine rings is 1. The number of nitrogens with zero attached hydrogens (tertiary/aromatic N) is 3. The summed E-state index contributed by atoms with van der Waals surface area (Å²) in [5, 5.41) is 5.72. The van der Waals surface area contributed by atoms with Gasteiger partial charge in [0.25, 0.3) is 5.91 Å². The fourth-order valence-electron chi connectivity index (χ4n) is 3.67. The molecule has 1 aliphatic rings. The van der Waals surface area contributed by atoms with Crippen molar-refractivity contribution >= 4 is 16.7 Å². The maximum atomic E-state index is 12.3.